The topological polar surface area (TPSA) is 35.5 Å². The normalized spacial score (nSPS) is 16.7. The van der Waals surface area contributed by atoms with Gasteiger partial charge in [0, 0.05) is 11.5 Å². The first-order valence-corrected chi connectivity index (χ1v) is 7.18. The fourth-order valence-corrected chi connectivity index (χ4v) is 2.67. The molecule has 0 spiro atoms. The van der Waals surface area contributed by atoms with Crippen molar-refractivity contribution < 1.29 is 14.3 Å². The van der Waals surface area contributed by atoms with E-state index < -0.39 is 0 Å². The number of aldehydes is 1. The van der Waals surface area contributed by atoms with E-state index in [2.05, 4.69) is 6.07 Å². The van der Waals surface area contributed by atoms with Gasteiger partial charge < -0.3 is 9.47 Å². The molecule has 0 saturated heterocycles. The minimum absolute atomic E-state index is 0.302. The van der Waals surface area contributed by atoms with Gasteiger partial charge in [0.15, 0.2) is 6.29 Å². The highest BCUT2D eigenvalue weighted by atomic mass is 16.5. The number of fused-ring (bicyclic) bond motifs is 1. The zero-order valence-corrected chi connectivity index (χ0v) is 12.0. The molecular weight excluding hydrogens is 264 g/mol. The Labute approximate surface area is 124 Å². The maximum Gasteiger partial charge on any atom is 0.153 e. The summed E-state index contributed by atoms with van der Waals surface area (Å²) >= 11 is 0. The summed E-state index contributed by atoms with van der Waals surface area (Å²) in [6.07, 6.45) is 1.78. The van der Waals surface area contributed by atoms with Crippen LogP contribution in [0.25, 0.3) is 0 Å². The molecule has 3 heteroatoms. The van der Waals surface area contributed by atoms with Gasteiger partial charge >= 0.3 is 0 Å². The zero-order chi connectivity index (χ0) is 14.7. The van der Waals surface area contributed by atoms with Gasteiger partial charge in [-0.2, -0.15) is 0 Å². The molecule has 2 aromatic rings. The summed E-state index contributed by atoms with van der Waals surface area (Å²) in [5.74, 6) is 1.90. The van der Waals surface area contributed by atoms with Gasteiger partial charge in [-0.05, 0) is 31.5 Å². The van der Waals surface area contributed by atoms with E-state index in [-0.39, 0.29) is 0 Å². The molecule has 0 radical (unpaired) electrons. The van der Waals surface area contributed by atoms with Crippen LogP contribution in [0.3, 0.4) is 0 Å². The molecule has 0 saturated carbocycles. The monoisotopic (exact) mass is 282 g/mol. The van der Waals surface area contributed by atoms with Crippen molar-refractivity contribution in [2.75, 3.05) is 13.2 Å². The fourth-order valence-electron chi connectivity index (χ4n) is 2.67. The van der Waals surface area contributed by atoms with Gasteiger partial charge in [-0.15, -0.1) is 0 Å². The molecule has 1 aliphatic heterocycles. The SMILES string of the molecule is Cc1ccc(OCC2CCOc3ccccc32)c(C=O)c1. The molecule has 21 heavy (non-hydrogen) atoms. The Bertz CT molecular complexity index is 649. The molecule has 0 N–H and O–H groups in total. The van der Waals surface area contributed by atoms with Gasteiger partial charge in [-0.1, -0.05) is 29.8 Å². The highest BCUT2D eigenvalue weighted by Gasteiger charge is 2.21. The van der Waals surface area contributed by atoms with Gasteiger partial charge in [0.25, 0.3) is 0 Å². The van der Waals surface area contributed by atoms with Gasteiger partial charge in [-0.3, -0.25) is 4.79 Å². The van der Waals surface area contributed by atoms with Crippen LogP contribution in [0.1, 0.15) is 33.8 Å². The lowest BCUT2D eigenvalue weighted by Gasteiger charge is -2.26. The summed E-state index contributed by atoms with van der Waals surface area (Å²) in [5.41, 5.74) is 2.85. The van der Waals surface area contributed by atoms with Gasteiger partial charge in [-0.25, -0.2) is 0 Å². The summed E-state index contributed by atoms with van der Waals surface area (Å²) in [7, 11) is 0. The fraction of sp³-hybridized carbons (Fsp3) is 0.278. The minimum Gasteiger partial charge on any atom is -0.493 e. The first-order chi connectivity index (χ1) is 10.3. The van der Waals surface area contributed by atoms with Crippen molar-refractivity contribution in [2.45, 2.75) is 19.3 Å². The highest BCUT2D eigenvalue weighted by Crippen LogP contribution is 2.34. The molecule has 1 unspecified atom stereocenters. The molecular formula is C18H18O3. The first kappa shape index (κ1) is 13.7. The molecule has 2 aromatic carbocycles. The van der Waals surface area contributed by atoms with Crippen LogP contribution < -0.4 is 9.47 Å². The smallest absolute Gasteiger partial charge is 0.153 e. The van der Waals surface area contributed by atoms with E-state index >= 15 is 0 Å². The van der Waals surface area contributed by atoms with Crippen LogP contribution in [0.2, 0.25) is 0 Å². The molecule has 108 valence electrons. The molecule has 1 atom stereocenters. The number of aryl methyl sites for hydroxylation is 1. The molecule has 0 amide bonds. The third-order valence-corrected chi connectivity index (χ3v) is 3.81. The maximum atomic E-state index is 11.1. The average Bonchev–Trinajstić information content (AvgIpc) is 2.53. The average molecular weight is 282 g/mol. The summed E-state index contributed by atoms with van der Waals surface area (Å²) in [6, 6.07) is 13.7. The predicted molar refractivity (Wildman–Crippen MR) is 81.4 cm³/mol. The quantitative estimate of drug-likeness (QED) is 0.801. The van der Waals surface area contributed by atoms with E-state index in [0.717, 1.165) is 24.0 Å². The van der Waals surface area contributed by atoms with Crippen molar-refractivity contribution in [3.8, 4) is 11.5 Å². The second kappa shape index (κ2) is 6.00. The Hall–Kier alpha value is -2.29. The minimum atomic E-state index is 0.302. The van der Waals surface area contributed by atoms with Gasteiger partial charge in [0.05, 0.1) is 18.8 Å². The second-order valence-corrected chi connectivity index (χ2v) is 5.34. The number of ether oxygens (including phenoxy) is 2. The lowest BCUT2D eigenvalue weighted by atomic mass is 9.94. The van der Waals surface area contributed by atoms with Crippen LogP contribution in [0.5, 0.6) is 11.5 Å². The first-order valence-electron chi connectivity index (χ1n) is 7.18. The summed E-state index contributed by atoms with van der Waals surface area (Å²) < 4.78 is 11.5. The molecule has 0 fully saturated rings. The van der Waals surface area contributed by atoms with Gasteiger partial charge in [0.2, 0.25) is 0 Å². The summed E-state index contributed by atoms with van der Waals surface area (Å²) in [6.45, 7) is 3.23. The molecule has 1 heterocycles. The number of rotatable bonds is 4. The predicted octanol–water partition coefficient (Wildman–Crippen LogP) is 3.75. The van der Waals surface area contributed by atoms with E-state index in [4.69, 9.17) is 9.47 Å². The largest absolute Gasteiger partial charge is 0.493 e. The Morgan fingerprint density at radius 3 is 3.00 bits per heavy atom. The van der Waals surface area contributed by atoms with Crippen molar-refractivity contribution in [1.82, 2.24) is 0 Å². The van der Waals surface area contributed by atoms with Crippen molar-refractivity contribution in [2.24, 2.45) is 0 Å². The number of benzene rings is 2. The lowest BCUT2D eigenvalue weighted by molar-refractivity contribution is 0.111. The van der Waals surface area contributed by atoms with Crippen molar-refractivity contribution in [3.63, 3.8) is 0 Å². The van der Waals surface area contributed by atoms with Crippen LogP contribution in [-0.2, 0) is 0 Å². The van der Waals surface area contributed by atoms with E-state index in [0.29, 0.717) is 30.4 Å². The zero-order valence-electron chi connectivity index (χ0n) is 12.0. The van der Waals surface area contributed by atoms with Gasteiger partial charge in [0.1, 0.15) is 11.5 Å². The Morgan fingerprint density at radius 2 is 2.14 bits per heavy atom. The van der Waals surface area contributed by atoms with E-state index in [9.17, 15) is 4.79 Å². The third kappa shape index (κ3) is 2.92. The standard InChI is InChI=1S/C18H18O3/c1-13-6-7-17(15(10-13)11-19)21-12-14-8-9-20-18-5-3-2-4-16(14)18/h2-7,10-11,14H,8-9,12H2,1H3. The lowest BCUT2D eigenvalue weighted by Crippen LogP contribution is -2.19. The molecule has 1 aliphatic rings. The third-order valence-electron chi connectivity index (χ3n) is 3.81. The van der Waals surface area contributed by atoms with Crippen molar-refractivity contribution in [1.29, 1.82) is 0 Å². The number of carbonyl (C=O) groups is 1. The Morgan fingerprint density at radius 1 is 1.29 bits per heavy atom. The summed E-state index contributed by atoms with van der Waals surface area (Å²) in [5, 5.41) is 0. The van der Waals surface area contributed by atoms with Crippen LogP contribution >= 0.6 is 0 Å². The molecule has 3 nitrogen and oxygen atoms in total. The molecule has 0 aliphatic carbocycles. The van der Waals surface area contributed by atoms with E-state index in [1.54, 1.807) is 0 Å². The van der Waals surface area contributed by atoms with Crippen LogP contribution in [0.15, 0.2) is 42.5 Å². The highest BCUT2D eigenvalue weighted by molar-refractivity contribution is 5.79. The number of hydrogen-bond donors (Lipinski definition) is 0. The summed E-state index contributed by atoms with van der Waals surface area (Å²) in [4.78, 5) is 11.1. The van der Waals surface area contributed by atoms with E-state index in [1.165, 1.54) is 5.56 Å². The number of para-hydroxylation sites is 1. The molecule has 3 rings (SSSR count). The maximum absolute atomic E-state index is 11.1. The molecule has 0 bridgehead atoms. The Kier molecular flexibility index (Phi) is 3.91. The molecule has 0 aromatic heterocycles. The van der Waals surface area contributed by atoms with Crippen LogP contribution in [0.4, 0.5) is 0 Å². The van der Waals surface area contributed by atoms with Crippen molar-refractivity contribution in [3.05, 3.63) is 59.2 Å². The number of carbonyl (C=O) groups excluding carboxylic acids is 1. The second-order valence-electron chi connectivity index (χ2n) is 5.34. The van der Waals surface area contributed by atoms with E-state index in [1.807, 2.05) is 43.3 Å². The number of hydrogen-bond acceptors (Lipinski definition) is 3. The van der Waals surface area contributed by atoms with Crippen LogP contribution in [0, 0.1) is 6.92 Å². The van der Waals surface area contributed by atoms with Crippen molar-refractivity contribution >= 4 is 6.29 Å². The van der Waals surface area contributed by atoms with Crippen LogP contribution in [-0.4, -0.2) is 19.5 Å². The Balaban J connectivity index is 1.76.